The number of primary amides is 1. The summed E-state index contributed by atoms with van der Waals surface area (Å²) in [6.45, 7) is 2.94. The lowest BCUT2D eigenvalue weighted by Gasteiger charge is -2.18. The Morgan fingerprint density at radius 1 is 0.388 bits per heavy atom. The van der Waals surface area contributed by atoms with Gasteiger partial charge in [0.25, 0.3) is 0 Å². The third-order valence-electron chi connectivity index (χ3n) is 10.5. The molecule has 19 nitrogen and oxygen atoms in total. The van der Waals surface area contributed by atoms with Crippen LogP contribution in [0.5, 0.6) is 0 Å². The van der Waals surface area contributed by atoms with Crippen molar-refractivity contribution in [3.05, 3.63) is 0 Å². The van der Waals surface area contributed by atoms with Crippen molar-refractivity contribution in [2.45, 2.75) is 111 Å². The number of carbonyl (C=O) groups excluding carboxylic acids is 6. The molecule has 0 aromatic heterocycles. The van der Waals surface area contributed by atoms with Gasteiger partial charge in [0.1, 0.15) is 0 Å². The van der Waals surface area contributed by atoms with Gasteiger partial charge in [0.05, 0.1) is 36.3 Å². The van der Waals surface area contributed by atoms with E-state index < -0.39 is 36.1 Å². The highest BCUT2D eigenvalue weighted by Gasteiger charge is 2.39. The number of hydrogen-bond acceptors (Lipinski definition) is 13. The molecule has 6 rings (SSSR count). The van der Waals surface area contributed by atoms with E-state index in [0.717, 1.165) is 0 Å². The van der Waals surface area contributed by atoms with Crippen LogP contribution in [0.3, 0.4) is 0 Å². The summed E-state index contributed by atoms with van der Waals surface area (Å²) in [6.07, 6.45) is 2.83. The smallest absolute Gasteiger partial charge is 0.237 e. The maximum atomic E-state index is 13.0. The summed E-state index contributed by atoms with van der Waals surface area (Å²) < 4.78 is 0. The van der Waals surface area contributed by atoms with Crippen LogP contribution in [0.2, 0.25) is 0 Å². The fraction of sp³-hybridized carbons (Fsp3) is 0.800. The van der Waals surface area contributed by atoms with E-state index in [1.54, 1.807) is 0 Å². The second-order valence-electron chi connectivity index (χ2n) is 14.4. The van der Waals surface area contributed by atoms with Crippen molar-refractivity contribution >= 4 is 35.4 Å². The van der Waals surface area contributed by atoms with Crippen LogP contribution in [0.4, 0.5) is 0 Å². The van der Waals surface area contributed by atoms with Crippen LogP contribution in [0.25, 0.3) is 0 Å². The maximum absolute atomic E-state index is 13.0. The minimum atomic E-state index is -0.475. The molecule has 15 N–H and O–H groups in total. The van der Waals surface area contributed by atoms with E-state index in [1.165, 1.54) is 0 Å². The molecule has 0 aromatic carbocycles. The van der Waals surface area contributed by atoms with Crippen molar-refractivity contribution in [2.75, 3.05) is 39.3 Å². The van der Waals surface area contributed by atoms with Gasteiger partial charge in [0.15, 0.2) is 0 Å². The molecular weight excluding hydrogens is 638 g/mol. The lowest BCUT2D eigenvalue weighted by molar-refractivity contribution is -0.125. The Balaban J connectivity index is 0.851. The van der Waals surface area contributed by atoms with Crippen LogP contribution in [-0.4, -0.2) is 147 Å². The zero-order chi connectivity index (χ0) is 34.7. The molecule has 0 saturated carbocycles. The topological polar surface area (TPSA) is 287 Å². The molecule has 0 aromatic rings. The van der Waals surface area contributed by atoms with Crippen molar-refractivity contribution in [3.63, 3.8) is 0 Å². The average Bonchev–Trinajstić information content (AvgIpc) is 3.89. The average molecular weight is 690 g/mol. The molecule has 49 heavy (non-hydrogen) atoms. The third-order valence-corrected chi connectivity index (χ3v) is 10.5. The molecule has 6 aliphatic rings. The molecule has 6 heterocycles. The molecule has 0 bridgehead atoms. The van der Waals surface area contributed by atoms with Crippen molar-refractivity contribution < 1.29 is 28.8 Å². The molecule has 6 amide bonds. The number of nitrogens with one attached hydrogen (secondary N) is 11. The van der Waals surface area contributed by atoms with Gasteiger partial charge in [0, 0.05) is 75.5 Å². The molecule has 0 unspecified atom stereocenters. The molecule has 0 aliphatic carbocycles. The van der Waals surface area contributed by atoms with Crippen LogP contribution in [0, 0.1) is 0 Å². The summed E-state index contributed by atoms with van der Waals surface area (Å²) in [6, 6.07) is -3.59. The van der Waals surface area contributed by atoms with E-state index in [9.17, 15) is 28.8 Å². The summed E-state index contributed by atoms with van der Waals surface area (Å²) in [5.41, 5.74) is 11.2. The molecule has 6 fully saturated rings. The minimum absolute atomic E-state index is 0.0280. The summed E-state index contributed by atoms with van der Waals surface area (Å²) in [4.78, 5) is 75.5. The number of carbonyl (C=O) groups is 6. The first-order chi connectivity index (χ1) is 23.5. The summed E-state index contributed by atoms with van der Waals surface area (Å²) in [5, 5.41) is 33.8. The van der Waals surface area contributed by atoms with Crippen LogP contribution < -0.4 is 70.0 Å². The number of nitrogens with two attached hydrogens (primary N) is 2. The normalized spacial score (nSPS) is 38.6. The van der Waals surface area contributed by atoms with Crippen molar-refractivity contribution in [3.8, 4) is 0 Å². The van der Waals surface area contributed by atoms with E-state index in [1.807, 2.05) is 0 Å². The number of rotatable bonds is 11. The summed E-state index contributed by atoms with van der Waals surface area (Å²) in [7, 11) is 0. The summed E-state index contributed by atoms with van der Waals surface area (Å²) in [5.74, 6) is -1.23. The highest BCUT2D eigenvalue weighted by atomic mass is 16.2. The maximum Gasteiger partial charge on any atom is 0.237 e. The Hall–Kier alpha value is -3.46. The molecule has 0 radical (unpaired) electrons. The molecular formula is C30H51N13O6. The predicted octanol–water partition coefficient (Wildman–Crippen LogP) is -7.61. The molecule has 272 valence electrons. The van der Waals surface area contributed by atoms with Gasteiger partial charge in [-0.05, 0) is 38.5 Å². The predicted molar refractivity (Wildman–Crippen MR) is 175 cm³/mol. The van der Waals surface area contributed by atoms with E-state index in [4.69, 9.17) is 11.5 Å². The molecule has 6 aliphatic heterocycles. The van der Waals surface area contributed by atoms with Crippen molar-refractivity contribution in [1.82, 2.24) is 58.5 Å². The van der Waals surface area contributed by atoms with Crippen LogP contribution in [-0.2, 0) is 28.8 Å². The third kappa shape index (κ3) is 9.02. The quantitative estimate of drug-likeness (QED) is 0.0961. The number of amides is 6. The molecule has 19 heteroatoms. The van der Waals surface area contributed by atoms with Gasteiger partial charge in [-0.15, -0.1) is 0 Å². The monoisotopic (exact) mass is 689 g/mol. The van der Waals surface area contributed by atoms with E-state index in [2.05, 4.69) is 58.5 Å². The van der Waals surface area contributed by atoms with E-state index in [-0.39, 0.29) is 71.8 Å². The molecule has 12 atom stereocenters. The highest BCUT2D eigenvalue weighted by molar-refractivity contribution is 5.87. The van der Waals surface area contributed by atoms with Gasteiger partial charge in [-0.25, -0.2) is 0 Å². The van der Waals surface area contributed by atoms with E-state index in [0.29, 0.717) is 77.8 Å². The minimum Gasteiger partial charge on any atom is -0.368 e. The standard InChI is InChI=1S/C30H51N13O6/c31-13-1-20(33-7-13)26(45)40-15-3-22(35-9-15)28(47)42-17-5-24(37-11-17)30(49)43-18-6-23(38-12-18)29(48)41-16-4-21(36-10-16)27(46)39-14-2-19(25(32)44)34-8-14/h13-24,33-38H,1-12,31H2,(H2,32,44)(H,39,46)(H,40,45)(H,41,48)(H,42,47)(H,43,49)/t13-,14-,15-,16-,17-,18-,19-,20-,21-,22-,23-,24-/m0/s1. The zero-order valence-corrected chi connectivity index (χ0v) is 27.5. The van der Waals surface area contributed by atoms with Gasteiger partial charge in [-0.2, -0.15) is 0 Å². The molecule has 0 spiro atoms. The Labute approximate surface area is 284 Å². The van der Waals surface area contributed by atoms with Crippen LogP contribution in [0.1, 0.15) is 38.5 Å². The van der Waals surface area contributed by atoms with E-state index >= 15 is 0 Å². The van der Waals surface area contributed by atoms with Gasteiger partial charge in [-0.1, -0.05) is 0 Å². The highest BCUT2D eigenvalue weighted by Crippen LogP contribution is 2.15. The van der Waals surface area contributed by atoms with Gasteiger partial charge >= 0.3 is 0 Å². The second kappa shape index (κ2) is 15.6. The van der Waals surface area contributed by atoms with Gasteiger partial charge < -0.3 is 70.0 Å². The first-order valence-electron chi connectivity index (χ1n) is 17.5. The lowest BCUT2D eigenvalue weighted by Crippen LogP contribution is -2.47. The van der Waals surface area contributed by atoms with Crippen LogP contribution >= 0.6 is 0 Å². The first kappa shape index (κ1) is 35.4. The molecule has 6 saturated heterocycles. The van der Waals surface area contributed by atoms with Crippen LogP contribution in [0.15, 0.2) is 0 Å². The summed E-state index contributed by atoms with van der Waals surface area (Å²) >= 11 is 0. The Morgan fingerprint density at radius 2 is 0.633 bits per heavy atom. The first-order valence-corrected chi connectivity index (χ1v) is 17.5. The Bertz CT molecular complexity index is 1290. The second-order valence-corrected chi connectivity index (χ2v) is 14.4. The number of hydrogen-bond donors (Lipinski definition) is 13. The van der Waals surface area contributed by atoms with Gasteiger partial charge in [0.2, 0.25) is 35.4 Å². The fourth-order valence-electron chi connectivity index (χ4n) is 7.72. The van der Waals surface area contributed by atoms with Gasteiger partial charge in [-0.3, -0.25) is 28.8 Å². The fourth-order valence-corrected chi connectivity index (χ4v) is 7.72. The van der Waals surface area contributed by atoms with Crippen molar-refractivity contribution in [1.29, 1.82) is 0 Å². The zero-order valence-electron chi connectivity index (χ0n) is 27.5. The largest absolute Gasteiger partial charge is 0.368 e. The van der Waals surface area contributed by atoms with Crippen molar-refractivity contribution in [2.24, 2.45) is 11.5 Å². The lowest BCUT2D eigenvalue weighted by atomic mass is 10.1. The Kier molecular flexibility index (Phi) is 11.3. The Morgan fingerprint density at radius 3 is 0.878 bits per heavy atom. The SMILES string of the molecule is NC(=O)[C@@H]1C[C@H](NC(=O)[C@@H]2C[C@H](NC(=O)[C@@H]3C[C@H](NC(=O)[C@@H]4C[C@H](NC(=O)[C@@H]5C[C@H](NC(=O)[C@@H]6C[C@H](N)CN6)CN5)CN4)CN3)CN2)CN1.